The van der Waals surface area contributed by atoms with Crippen molar-refractivity contribution in [3.05, 3.63) is 60.4 Å². The van der Waals surface area contributed by atoms with Gasteiger partial charge < -0.3 is 9.88 Å². The van der Waals surface area contributed by atoms with Gasteiger partial charge in [-0.15, -0.1) is 10.2 Å². The maximum atomic E-state index is 12.5. The van der Waals surface area contributed by atoms with Crippen LogP contribution in [-0.2, 0) is 11.8 Å². The molecule has 2 heterocycles. The smallest absolute Gasteiger partial charge is 0.230 e. The summed E-state index contributed by atoms with van der Waals surface area (Å²) in [5, 5.41) is 12.3. The molecule has 3 rings (SSSR count). The normalized spacial score (nSPS) is 11.9. The molecule has 1 amide bonds. The first-order valence-corrected chi connectivity index (χ1v) is 9.94. The number of amides is 1. The average Bonchev–Trinajstić information content (AvgIpc) is 3.08. The summed E-state index contributed by atoms with van der Waals surface area (Å²) in [4.78, 5) is 16.5. The van der Waals surface area contributed by atoms with Gasteiger partial charge in [-0.05, 0) is 24.1 Å². The van der Waals surface area contributed by atoms with Crippen LogP contribution in [-0.4, -0.2) is 31.4 Å². The SMILES string of the molecule is CCC[C@@H](NC(=O)CSc1nnc(-c2ccncc2)n1C)c1ccccc1. The summed E-state index contributed by atoms with van der Waals surface area (Å²) in [6.45, 7) is 2.12. The first-order chi connectivity index (χ1) is 13.2. The molecule has 3 aromatic rings. The minimum atomic E-state index is -0.00392. The Balaban J connectivity index is 1.61. The molecule has 27 heavy (non-hydrogen) atoms. The number of benzene rings is 1. The van der Waals surface area contributed by atoms with E-state index in [-0.39, 0.29) is 11.9 Å². The highest BCUT2D eigenvalue weighted by Gasteiger charge is 2.16. The van der Waals surface area contributed by atoms with Gasteiger partial charge in [-0.1, -0.05) is 55.4 Å². The predicted molar refractivity (Wildman–Crippen MR) is 107 cm³/mol. The molecule has 6 nitrogen and oxygen atoms in total. The van der Waals surface area contributed by atoms with E-state index in [9.17, 15) is 4.79 Å². The average molecular weight is 382 g/mol. The highest BCUT2D eigenvalue weighted by atomic mass is 32.2. The Labute approximate surface area is 163 Å². The van der Waals surface area contributed by atoms with Gasteiger partial charge in [0.2, 0.25) is 5.91 Å². The van der Waals surface area contributed by atoms with Gasteiger partial charge in [0, 0.05) is 25.0 Å². The largest absolute Gasteiger partial charge is 0.349 e. The van der Waals surface area contributed by atoms with Crippen molar-refractivity contribution < 1.29 is 4.79 Å². The van der Waals surface area contributed by atoms with Gasteiger partial charge in [0.05, 0.1) is 11.8 Å². The second kappa shape index (κ2) is 9.32. The molecule has 7 heteroatoms. The van der Waals surface area contributed by atoms with E-state index in [4.69, 9.17) is 0 Å². The van der Waals surface area contributed by atoms with Crippen LogP contribution in [0.3, 0.4) is 0 Å². The molecule has 140 valence electrons. The maximum absolute atomic E-state index is 12.5. The molecule has 0 fully saturated rings. The zero-order chi connectivity index (χ0) is 19.1. The quantitative estimate of drug-likeness (QED) is 0.603. The van der Waals surface area contributed by atoms with E-state index < -0.39 is 0 Å². The van der Waals surface area contributed by atoms with Crippen LogP contribution in [0.15, 0.2) is 60.0 Å². The minimum Gasteiger partial charge on any atom is -0.349 e. The van der Waals surface area contributed by atoms with E-state index >= 15 is 0 Å². The Morgan fingerprint density at radius 2 is 1.89 bits per heavy atom. The van der Waals surface area contributed by atoms with Crippen LogP contribution in [0.1, 0.15) is 31.4 Å². The van der Waals surface area contributed by atoms with Crippen molar-refractivity contribution in [1.29, 1.82) is 0 Å². The van der Waals surface area contributed by atoms with Crippen LogP contribution in [0.4, 0.5) is 0 Å². The fourth-order valence-corrected chi connectivity index (χ4v) is 3.58. The molecule has 0 aliphatic carbocycles. The number of thioether (sulfide) groups is 1. The van der Waals surface area contributed by atoms with Gasteiger partial charge in [0.15, 0.2) is 11.0 Å². The molecule has 0 aliphatic heterocycles. The molecule has 0 aliphatic rings. The van der Waals surface area contributed by atoms with Crippen molar-refractivity contribution in [2.75, 3.05) is 5.75 Å². The summed E-state index contributed by atoms with van der Waals surface area (Å²) in [7, 11) is 1.90. The standard InChI is InChI=1S/C20H23N5OS/c1-3-7-17(15-8-5-4-6-9-15)22-18(26)14-27-20-24-23-19(25(20)2)16-10-12-21-13-11-16/h4-6,8-13,17H,3,7,14H2,1-2H3,(H,22,26)/t17-/m1/s1. The van der Waals surface area contributed by atoms with Crippen molar-refractivity contribution in [3.8, 4) is 11.4 Å². The summed E-state index contributed by atoms with van der Waals surface area (Å²) < 4.78 is 1.90. The monoisotopic (exact) mass is 381 g/mol. The molecule has 0 bridgehead atoms. The summed E-state index contributed by atoms with van der Waals surface area (Å²) in [5.74, 6) is 1.05. The van der Waals surface area contributed by atoms with Crippen LogP contribution in [0.25, 0.3) is 11.4 Å². The Kier molecular flexibility index (Phi) is 6.59. The zero-order valence-electron chi connectivity index (χ0n) is 15.5. The fourth-order valence-electron chi connectivity index (χ4n) is 2.86. The van der Waals surface area contributed by atoms with Crippen molar-refractivity contribution in [2.45, 2.75) is 31.0 Å². The number of carbonyl (C=O) groups excluding carboxylic acids is 1. The van der Waals surface area contributed by atoms with E-state index in [1.165, 1.54) is 11.8 Å². The van der Waals surface area contributed by atoms with Gasteiger partial charge in [-0.25, -0.2) is 0 Å². The number of hydrogen-bond donors (Lipinski definition) is 1. The molecule has 0 unspecified atom stereocenters. The lowest BCUT2D eigenvalue weighted by Crippen LogP contribution is -2.30. The molecule has 0 radical (unpaired) electrons. The predicted octanol–water partition coefficient (Wildman–Crippen LogP) is 3.63. The zero-order valence-corrected chi connectivity index (χ0v) is 16.3. The molecular weight excluding hydrogens is 358 g/mol. The molecule has 0 spiro atoms. The Morgan fingerprint density at radius 1 is 1.15 bits per heavy atom. The molecular formula is C20H23N5OS. The molecule has 1 N–H and O–H groups in total. The Hall–Kier alpha value is -2.67. The second-order valence-corrected chi connectivity index (χ2v) is 7.15. The third-order valence-electron chi connectivity index (χ3n) is 4.22. The number of hydrogen-bond acceptors (Lipinski definition) is 5. The number of carbonyl (C=O) groups is 1. The lowest BCUT2D eigenvalue weighted by molar-refractivity contribution is -0.119. The third kappa shape index (κ3) is 4.95. The van der Waals surface area contributed by atoms with E-state index in [1.807, 2.05) is 41.9 Å². The first-order valence-electron chi connectivity index (χ1n) is 8.96. The Morgan fingerprint density at radius 3 is 2.59 bits per heavy atom. The summed E-state index contributed by atoms with van der Waals surface area (Å²) >= 11 is 1.39. The second-order valence-electron chi connectivity index (χ2n) is 6.21. The van der Waals surface area contributed by atoms with Gasteiger partial charge >= 0.3 is 0 Å². The lowest BCUT2D eigenvalue weighted by atomic mass is 10.0. The lowest BCUT2D eigenvalue weighted by Gasteiger charge is -2.18. The number of nitrogens with zero attached hydrogens (tertiary/aromatic N) is 4. The van der Waals surface area contributed by atoms with Crippen LogP contribution in [0.5, 0.6) is 0 Å². The Bertz CT molecular complexity index is 867. The van der Waals surface area contributed by atoms with Gasteiger partial charge in [0.25, 0.3) is 0 Å². The van der Waals surface area contributed by atoms with E-state index in [0.717, 1.165) is 29.8 Å². The number of nitrogens with one attached hydrogen (secondary N) is 1. The van der Waals surface area contributed by atoms with Crippen LogP contribution in [0, 0.1) is 0 Å². The van der Waals surface area contributed by atoms with Crippen LogP contribution < -0.4 is 5.32 Å². The van der Waals surface area contributed by atoms with Crippen molar-refractivity contribution >= 4 is 17.7 Å². The van der Waals surface area contributed by atoms with Crippen molar-refractivity contribution in [3.63, 3.8) is 0 Å². The van der Waals surface area contributed by atoms with Crippen molar-refractivity contribution in [1.82, 2.24) is 25.1 Å². The molecule has 1 aromatic carbocycles. The molecule has 1 atom stereocenters. The summed E-state index contributed by atoms with van der Waals surface area (Å²) in [6.07, 6.45) is 5.37. The first kappa shape index (κ1) is 19.1. The van der Waals surface area contributed by atoms with Crippen LogP contribution >= 0.6 is 11.8 Å². The summed E-state index contributed by atoms with van der Waals surface area (Å²) in [5.41, 5.74) is 2.08. The molecule has 2 aromatic heterocycles. The van der Waals surface area contributed by atoms with Crippen LogP contribution in [0.2, 0.25) is 0 Å². The third-order valence-corrected chi connectivity index (χ3v) is 5.24. The molecule has 0 saturated heterocycles. The maximum Gasteiger partial charge on any atom is 0.230 e. The fraction of sp³-hybridized carbons (Fsp3) is 0.300. The number of rotatable bonds is 8. The molecule has 0 saturated carbocycles. The van der Waals surface area contributed by atoms with Gasteiger partial charge in [-0.2, -0.15) is 0 Å². The van der Waals surface area contributed by atoms with Crippen molar-refractivity contribution in [2.24, 2.45) is 7.05 Å². The van der Waals surface area contributed by atoms with E-state index in [0.29, 0.717) is 10.9 Å². The minimum absolute atomic E-state index is 0.00392. The summed E-state index contributed by atoms with van der Waals surface area (Å²) in [6, 6.07) is 13.9. The van der Waals surface area contributed by atoms with E-state index in [2.05, 4.69) is 39.6 Å². The number of pyridine rings is 1. The highest BCUT2D eigenvalue weighted by Crippen LogP contribution is 2.23. The number of aromatic nitrogens is 4. The van der Waals surface area contributed by atoms with E-state index in [1.54, 1.807) is 12.4 Å². The topological polar surface area (TPSA) is 72.7 Å². The highest BCUT2D eigenvalue weighted by molar-refractivity contribution is 7.99. The van der Waals surface area contributed by atoms with Gasteiger partial charge in [-0.3, -0.25) is 9.78 Å². The van der Waals surface area contributed by atoms with Gasteiger partial charge in [0.1, 0.15) is 0 Å².